The third kappa shape index (κ3) is 5.61. The van der Waals surface area contributed by atoms with Crippen molar-refractivity contribution in [1.29, 1.82) is 0 Å². The summed E-state index contributed by atoms with van der Waals surface area (Å²) in [5.41, 5.74) is 1.96. The first-order valence-electron chi connectivity index (χ1n) is 12.3. The minimum absolute atomic E-state index is 0.0365. The standard InChI is InChI=1S/C30H31NO6/c1-4-17-37-24-15-11-21(12-16-24)28(32)26-27(22-7-6-8-25(18-22)36-5-2)31(30(34)29(26)33)19-20-9-13-23(35-3)14-10-20/h6-16,18,27,32H,4-5,17,19H2,1-3H3/b28-26-. The van der Waals surface area contributed by atoms with Crippen molar-refractivity contribution in [1.82, 2.24) is 4.90 Å². The maximum atomic E-state index is 13.3. The minimum atomic E-state index is -0.793. The van der Waals surface area contributed by atoms with E-state index in [0.717, 1.165) is 12.0 Å². The first-order valence-corrected chi connectivity index (χ1v) is 12.3. The number of rotatable bonds is 10. The predicted molar refractivity (Wildman–Crippen MR) is 141 cm³/mol. The van der Waals surface area contributed by atoms with Crippen LogP contribution in [0.3, 0.4) is 0 Å². The molecule has 0 bridgehead atoms. The van der Waals surface area contributed by atoms with Gasteiger partial charge in [-0.1, -0.05) is 31.2 Å². The Balaban J connectivity index is 1.78. The Morgan fingerprint density at radius 1 is 0.892 bits per heavy atom. The SMILES string of the molecule is CCCOc1ccc(/C(O)=C2/C(=O)C(=O)N(Cc3ccc(OC)cc3)C2c2cccc(OCC)c2)cc1. The maximum Gasteiger partial charge on any atom is 0.295 e. The van der Waals surface area contributed by atoms with E-state index in [1.807, 2.05) is 44.2 Å². The second kappa shape index (κ2) is 11.6. The lowest BCUT2D eigenvalue weighted by molar-refractivity contribution is -0.140. The lowest BCUT2D eigenvalue weighted by atomic mass is 9.95. The Labute approximate surface area is 216 Å². The molecule has 0 aliphatic carbocycles. The number of likely N-dealkylation sites (tertiary alicyclic amines) is 1. The van der Waals surface area contributed by atoms with Crippen LogP contribution < -0.4 is 14.2 Å². The molecule has 1 atom stereocenters. The van der Waals surface area contributed by atoms with E-state index >= 15 is 0 Å². The third-order valence-corrected chi connectivity index (χ3v) is 6.14. The third-order valence-electron chi connectivity index (χ3n) is 6.14. The number of carbonyl (C=O) groups excluding carboxylic acids is 2. The van der Waals surface area contributed by atoms with Crippen molar-refractivity contribution >= 4 is 17.4 Å². The molecule has 37 heavy (non-hydrogen) atoms. The number of amides is 1. The molecule has 1 N–H and O–H groups in total. The van der Waals surface area contributed by atoms with Crippen LogP contribution in [0.4, 0.5) is 0 Å². The molecule has 7 heteroatoms. The van der Waals surface area contributed by atoms with Gasteiger partial charge in [-0.05, 0) is 73.0 Å². The van der Waals surface area contributed by atoms with Crippen LogP contribution in [0.15, 0.2) is 78.4 Å². The van der Waals surface area contributed by atoms with Crippen LogP contribution in [0, 0.1) is 0 Å². The molecule has 0 radical (unpaired) electrons. The molecule has 3 aromatic rings. The van der Waals surface area contributed by atoms with Crippen molar-refractivity contribution < 1.29 is 28.9 Å². The number of Topliss-reactive ketones (excluding diaryl/α,β-unsaturated/α-hetero) is 1. The van der Waals surface area contributed by atoms with Gasteiger partial charge >= 0.3 is 0 Å². The smallest absolute Gasteiger partial charge is 0.295 e. The summed E-state index contributed by atoms with van der Waals surface area (Å²) >= 11 is 0. The number of ether oxygens (including phenoxy) is 3. The van der Waals surface area contributed by atoms with Crippen LogP contribution in [-0.2, 0) is 16.1 Å². The van der Waals surface area contributed by atoms with Crippen molar-refractivity contribution in [3.8, 4) is 17.2 Å². The monoisotopic (exact) mass is 501 g/mol. The van der Waals surface area contributed by atoms with Gasteiger partial charge in [0.1, 0.15) is 23.0 Å². The zero-order chi connectivity index (χ0) is 26.4. The second-order valence-corrected chi connectivity index (χ2v) is 8.65. The first kappa shape index (κ1) is 25.8. The lowest BCUT2D eigenvalue weighted by Crippen LogP contribution is -2.29. The molecule has 1 saturated heterocycles. The minimum Gasteiger partial charge on any atom is -0.507 e. The molecule has 1 fully saturated rings. The number of hydrogen-bond donors (Lipinski definition) is 1. The molecule has 1 unspecified atom stereocenters. The summed E-state index contributed by atoms with van der Waals surface area (Å²) in [6.07, 6.45) is 0.875. The molecule has 0 spiro atoms. The molecule has 1 aliphatic heterocycles. The van der Waals surface area contributed by atoms with Gasteiger partial charge in [-0.3, -0.25) is 9.59 Å². The highest BCUT2D eigenvalue weighted by atomic mass is 16.5. The molecule has 0 saturated carbocycles. The van der Waals surface area contributed by atoms with Crippen LogP contribution in [0.2, 0.25) is 0 Å². The summed E-state index contributed by atoms with van der Waals surface area (Å²) < 4.78 is 16.5. The molecule has 3 aromatic carbocycles. The fourth-order valence-electron chi connectivity index (χ4n) is 4.34. The van der Waals surface area contributed by atoms with Crippen LogP contribution in [0.5, 0.6) is 17.2 Å². The van der Waals surface area contributed by atoms with E-state index < -0.39 is 17.7 Å². The number of hydrogen-bond acceptors (Lipinski definition) is 6. The topological polar surface area (TPSA) is 85.3 Å². The largest absolute Gasteiger partial charge is 0.507 e. The predicted octanol–water partition coefficient (Wildman–Crippen LogP) is 5.50. The number of nitrogens with zero attached hydrogens (tertiary/aromatic N) is 1. The van der Waals surface area contributed by atoms with E-state index in [9.17, 15) is 14.7 Å². The molecule has 0 aromatic heterocycles. The Hall–Kier alpha value is -4.26. The van der Waals surface area contributed by atoms with Gasteiger partial charge in [0, 0.05) is 12.1 Å². The van der Waals surface area contributed by atoms with Crippen molar-refractivity contribution in [2.45, 2.75) is 32.9 Å². The lowest BCUT2D eigenvalue weighted by Gasteiger charge is -2.26. The van der Waals surface area contributed by atoms with E-state index in [1.54, 1.807) is 49.6 Å². The van der Waals surface area contributed by atoms with E-state index in [2.05, 4.69) is 0 Å². The zero-order valence-corrected chi connectivity index (χ0v) is 21.3. The molecule has 7 nitrogen and oxygen atoms in total. The Morgan fingerprint density at radius 2 is 1.59 bits per heavy atom. The van der Waals surface area contributed by atoms with Gasteiger partial charge in [0.2, 0.25) is 0 Å². The summed E-state index contributed by atoms with van der Waals surface area (Å²) in [7, 11) is 1.58. The van der Waals surface area contributed by atoms with Gasteiger partial charge in [0.05, 0.1) is 31.9 Å². The van der Waals surface area contributed by atoms with Gasteiger partial charge in [-0.25, -0.2) is 0 Å². The Morgan fingerprint density at radius 3 is 2.24 bits per heavy atom. The van der Waals surface area contributed by atoms with Crippen LogP contribution in [0.1, 0.15) is 43.0 Å². The van der Waals surface area contributed by atoms with Gasteiger partial charge in [-0.2, -0.15) is 0 Å². The maximum absolute atomic E-state index is 13.3. The number of methoxy groups -OCH3 is 1. The number of aliphatic hydroxyl groups is 1. The molecular weight excluding hydrogens is 470 g/mol. The fraction of sp³-hybridized carbons (Fsp3) is 0.267. The average Bonchev–Trinajstić information content (AvgIpc) is 3.17. The van der Waals surface area contributed by atoms with Crippen LogP contribution in [-0.4, -0.2) is 42.0 Å². The normalized spacial score (nSPS) is 16.6. The summed E-state index contributed by atoms with van der Waals surface area (Å²) in [5.74, 6) is 0.338. The van der Waals surface area contributed by atoms with Gasteiger partial charge in [0.25, 0.3) is 11.7 Å². The Bertz CT molecular complexity index is 1280. The Kier molecular flexibility index (Phi) is 8.13. The van der Waals surface area contributed by atoms with Gasteiger partial charge in [-0.15, -0.1) is 0 Å². The molecule has 192 valence electrons. The van der Waals surface area contributed by atoms with E-state index in [4.69, 9.17) is 14.2 Å². The number of carbonyl (C=O) groups is 2. The van der Waals surface area contributed by atoms with Crippen molar-refractivity contribution in [2.75, 3.05) is 20.3 Å². The fourth-order valence-corrected chi connectivity index (χ4v) is 4.34. The molecule has 1 amide bonds. The van der Waals surface area contributed by atoms with Crippen molar-refractivity contribution in [3.63, 3.8) is 0 Å². The van der Waals surface area contributed by atoms with Gasteiger partial charge in [0.15, 0.2) is 0 Å². The molecule has 1 aliphatic rings. The van der Waals surface area contributed by atoms with Gasteiger partial charge < -0.3 is 24.2 Å². The highest BCUT2D eigenvalue weighted by molar-refractivity contribution is 6.46. The van der Waals surface area contributed by atoms with Crippen molar-refractivity contribution in [2.24, 2.45) is 0 Å². The summed E-state index contributed by atoms with van der Waals surface area (Å²) in [6, 6.07) is 20.6. The quantitative estimate of drug-likeness (QED) is 0.224. The van der Waals surface area contributed by atoms with E-state index in [0.29, 0.717) is 41.6 Å². The second-order valence-electron chi connectivity index (χ2n) is 8.65. The number of benzene rings is 3. The van der Waals surface area contributed by atoms with Crippen LogP contribution >= 0.6 is 0 Å². The molecule has 4 rings (SSSR count). The highest BCUT2D eigenvalue weighted by Gasteiger charge is 2.46. The number of ketones is 1. The summed E-state index contributed by atoms with van der Waals surface area (Å²) in [5, 5.41) is 11.3. The summed E-state index contributed by atoms with van der Waals surface area (Å²) in [6.45, 7) is 5.14. The van der Waals surface area contributed by atoms with Crippen molar-refractivity contribution in [3.05, 3.63) is 95.1 Å². The summed E-state index contributed by atoms with van der Waals surface area (Å²) in [4.78, 5) is 28.1. The molecule has 1 heterocycles. The zero-order valence-electron chi connectivity index (χ0n) is 21.3. The van der Waals surface area contributed by atoms with E-state index in [-0.39, 0.29) is 17.9 Å². The average molecular weight is 502 g/mol. The van der Waals surface area contributed by atoms with Crippen LogP contribution in [0.25, 0.3) is 5.76 Å². The number of aliphatic hydroxyl groups excluding tert-OH is 1. The first-order chi connectivity index (χ1) is 18.0. The molecular formula is C30H31NO6. The van der Waals surface area contributed by atoms with E-state index in [1.165, 1.54) is 4.90 Å². The highest BCUT2D eigenvalue weighted by Crippen LogP contribution is 2.41.